The molecule has 0 saturated carbocycles. The van der Waals surface area contributed by atoms with Crippen LogP contribution in [0.4, 0.5) is 0 Å². The smallest absolute Gasteiger partial charge is 0.0968 e. The van der Waals surface area contributed by atoms with E-state index in [-0.39, 0.29) is 5.25 Å². The molecule has 2 aromatic rings. The summed E-state index contributed by atoms with van der Waals surface area (Å²) in [6.07, 6.45) is 3.77. The number of hydrogen-bond donors (Lipinski definition) is 0. The molecule has 0 spiro atoms. The highest BCUT2D eigenvalue weighted by Crippen LogP contribution is 2.34. The van der Waals surface area contributed by atoms with Crippen LogP contribution >= 0.6 is 11.8 Å². The molecule has 0 aliphatic heterocycles. The molecule has 1 aromatic heterocycles. The number of pyridine rings is 1. The van der Waals surface area contributed by atoms with Crippen LogP contribution in [-0.2, 0) is 0 Å². The van der Waals surface area contributed by atoms with Gasteiger partial charge < -0.3 is 0 Å². The zero-order valence-corrected chi connectivity index (χ0v) is 9.73. The highest BCUT2D eigenvalue weighted by molar-refractivity contribution is 7.99. The van der Waals surface area contributed by atoms with Crippen LogP contribution in [-0.4, -0.2) is 4.98 Å². The summed E-state index contributed by atoms with van der Waals surface area (Å²) in [5.74, 6) is 0. The standard InChI is InChI=1S/C14H13NS/c1-2-13(12-8-4-3-5-9-12)16-14-10-6-7-11-15-14/h2-11,13H,1H2. The summed E-state index contributed by atoms with van der Waals surface area (Å²) >= 11 is 1.71. The first-order chi connectivity index (χ1) is 7.90. The van der Waals surface area contributed by atoms with Crippen LogP contribution < -0.4 is 0 Å². The minimum Gasteiger partial charge on any atom is -0.250 e. The highest BCUT2D eigenvalue weighted by atomic mass is 32.2. The van der Waals surface area contributed by atoms with Crippen LogP contribution in [0, 0.1) is 0 Å². The van der Waals surface area contributed by atoms with Gasteiger partial charge in [-0.15, -0.1) is 6.58 Å². The van der Waals surface area contributed by atoms with Crippen molar-refractivity contribution in [1.82, 2.24) is 4.98 Å². The van der Waals surface area contributed by atoms with Crippen LogP contribution in [0.5, 0.6) is 0 Å². The van der Waals surface area contributed by atoms with Crippen LogP contribution in [0.25, 0.3) is 0 Å². The van der Waals surface area contributed by atoms with Crippen molar-refractivity contribution in [2.75, 3.05) is 0 Å². The molecule has 0 aliphatic rings. The Bertz CT molecular complexity index is 439. The summed E-state index contributed by atoms with van der Waals surface area (Å²) in [6, 6.07) is 16.3. The Morgan fingerprint density at radius 1 is 1.06 bits per heavy atom. The third kappa shape index (κ3) is 2.74. The van der Waals surface area contributed by atoms with Gasteiger partial charge in [0.25, 0.3) is 0 Å². The van der Waals surface area contributed by atoms with Gasteiger partial charge in [0.1, 0.15) is 0 Å². The molecule has 2 rings (SSSR count). The lowest BCUT2D eigenvalue weighted by atomic mass is 10.1. The molecule has 1 nitrogen and oxygen atoms in total. The molecule has 1 atom stereocenters. The molecule has 1 heterocycles. The van der Waals surface area contributed by atoms with Crippen molar-refractivity contribution in [1.29, 1.82) is 0 Å². The maximum atomic E-state index is 4.31. The average Bonchev–Trinajstić information content (AvgIpc) is 2.38. The topological polar surface area (TPSA) is 12.9 Å². The molecule has 80 valence electrons. The fourth-order valence-electron chi connectivity index (χ4n) is 1.44. The molecule has 0 amide bonds. The Kier molecular flexibility index (Phi) is 3.78. The predicted octanol–water partition coefficient (Wildman–Crippen LogP) is 4.10. The van der Waals surface area contributed by atoms with Crippen molar-refractivity contribution in [3.8, 4) is 0 Å². The van der Waals surface area contributed by atoms with Crippen LogP contribution in [0.1, 0.15) is 10.8 Å². The minimum absolute atomic E-state index is 0.260. The van der Waals surface area contributed by atoms with Crippen molar-refractivity contribution >= 4 is 11.8 Å². The summed E-state index contributed by atoms with van der Waals surface area (Å²) in [4.78, 5) is 4.31. The maximum absolute atomic E-state index is 4.31. The molecule has 16 heavy (non-hydrogen) atoms. The van der Waals surface area contributed by atoms with Gasteiger partial charge in [-0.3, -0.25) is 0 Å². The van der Waals surface area contributed by atoms with E-state index in [1.54, 1.807) is 11.8 Å². The van der Waals surface area contributed by atoms with E-state index in [1.807, 2.05) is 48.7 Å². The molecule has 1 unspecified atom stereocenters. The molecular weight excluding hydrogens is 214 g/mol. The first-order valence-corrected chi connectivity index (χ1v) is 6.03. The van der Waals surface area contributed by atoms with Gasteiger partial charge in [-0.1, -0.05) is 54.2 Å². The van der Waals surface area contributed by atoms with Crippen molar-refractivity contribution in [3.63, 3.8) is 0 Å². The summed E-state index contributed by atoms with van der Waals surface area (Å²) in [5, 5.41) is 1.28. The summed E-state index contributed by atoms with van der Waals surface area (Å²) in [7, 11) is 0. The number of benzene rings is 1. The van der Waals surface area contributed by atoms with E-state index in [9.17, 15) is 0 Å². The molecule has 2 heteroatoms. The summed E-state index contributed by atoms with van der Waals surface area (Å²) in [6.45, 7) is 3.88. The average molecular weight is 227 g/mol. The zero-order valence-electron chi connectivity index (χ0n) is 8.91. The second-order valence-corrected chi connectivity index (χ2v) is 4.51. The quantitative estimate of drug-likeness (QED) is 0.576. The lowest BCUT2D eigenvalue weighted by molar-refractivity contribution is 1.11. The fourth-order valence-corrected chi connectivity index (χ4v) is 2.37. The fraction of sp³-hybridized carbons (Fsp3) is 0.0714. The lowest BCUT2D eigenvalue weighted by Gasteiger charge is -2.11. The molecule has 1 aromatic carbocycles. The van der Waals surface area contributed by atoms with Gasteiger partial charge in [-0.05, 0) is 17.7 Å². The zero-order chi connectivity index (χ0) is 11.2. The Balaban J connectivity index is 2.16. The summed E-state index contributed by atoms with van der Waals surface area (Å²) < 4.78 is 0. The number of aromatic nitrogens is 1. The number of hydrogen-bond acceptors (Lipinski definition) is 2. The van der Waals surface area contributed by atoms with E-state index in [1.165, 1.54) is 5.56 Å². The first kappa shape index (κ1) is 11.0. The second kappa shape index (κ2) is 5.52. The van der Waals surface area contributed by atoms with Gasteiger partial charge in [-0.25, -0.2) is 4.98 Å². The van der Waals surface area contributed by atoms with Crippen molar-refractivity contribution < 1.29 is 0 Å². The Morgan fingerprint density at radius 2 is 1.81 bits per heavy atom. The Morgan fingerprint density at radius 3 is 2.44 bits per heavy atom. The van der Waals surface area contributed by atoms with E-state index in [4.69, 9.17) is 0 Å². The predicted molar refractivity (Wildman–Crippen MR) is 69.5 cm³/mol. The number of rotatable bonds is 4. The third-order valence-electron chi connectivity index (χ3n) is 2.23. The van der Waals surface area contributed by atoms with E-state index in [2.05, 4.69) is 23.7 Å². The molecule has 0 saturated heterocycles. The van der Waals surface area contributed by atoms with E-state index < -0.39 is 0 Å². The molecule has 0 N–H and O–H groups in total. The van der Waals surface area contributed by atoms with Gasteiger partial charge in [0.15, 0.2) is 0 Å². The van der Waals surface area contributed by atoms with E-state index in [0.717, 1.165) is 5.03 Å². The second-order valence-electron chi connectivity index (χ2n) is 3.35. The van der Waals surface area contributed by atoms with Crippen molar-refractivity contribution in [3.05, 3.63) is 72.9 Å². The highest BCUT2D eigenvalue weighted by Gasteiger charge is 2.08. The molecular formula is C14H13NS. The van der Waals surface area contributed by atoms with Gasteiger partial charge in [-0.2, -0.15) is 0 Å². The minimum atomic E-state index is 0.260. The molecule has 0 fully saturated rings. The van der Waals surface area contributed by atoms with E-state index >= 15 is 0 Å². The number of thioether (sulfide) groups is 1. The van der Waals surface area contributed by atoms with Crippen LogP contribution in [0.2, 0.25) is 0 Å². The Hall–Kier alpha value is -1.54. The SMILES string of the molecule is C=CC(Sc1ccccn1)c1ccccc1. The summed E-state index contributed by atoms with van der Waals surface area (Å²) in [5.41, 5.74) is 1.26. The molecule has 0 aliphatic carbocycles. The molecule has 0 radical (unpaired) electrons. The van der Waals surface area contributed by atoms with Gasteiger partial charge >= 0.3 is 0 Å². The van der Waals surface area contributed by atoms with Crippen molar-refractivity contribution in [2.24, 2.45) is 0 Å². The maximum Gasteiger partial charge on any atom is 0.0968 e. The first-order valence-electron chi connectivity index (χ1n) is 5.15. The van der Waals surface area contributed by atoms with E-state index in [0.29, 0.717) is 0 Å². The molecule has 0 bridgehead atoms. The normalized spacial score (nSPS) is 12.0. The van der Waals surface area contributed by atoms with Crippen molar-refractivity contribution in [2.45, 2.75) is 10.3 Å². The Labute approximate surface area is 100 Å². The van der Waals surface area contributed by atoms with Crippen LogP contribution in [0.3, 0.4) is 0 Å². The van der Waals surface area contributed by atoms with Gasteiger partial charge in [0.2, 0.25) is 0 Å². The third-order valence-corrected chi connectivity index (χ3v) is 3.43. The van der Waals surface area contributed by atoms with Gasteiger partial charge in [0, 0.05) is 6.20 Å². The monoisotopic (exact) mass is 227 g/mol. The van der Waals surface area contributed by atoms with Gasteiger partial charge in [0.05, 0.1) is 10.3 Å². The lowest BCUT2D eigenvalue weighted by Crippen LogP contribution is -1.90. The number of nitrogens with zero attached hydrogens (tertiary/aromatic N) is 1. The van der Waals surface area contributed by atoms with Crippen LogP contribution in [0.15, 0.2) is 72.4 Å². The largest absolute Gasteiger partial charge is 0.250 e.